The van der Waals surface area contributed by atoms with Gasteiger partial charge in [-0.1, -0.05) is 11.6 Å². The fraction of sp³-hybridized carbons (Fsp3) is 0.458. The lowest BCUT2D eigenvalue weighted by atomic mass is 9.85. The molecule has 0 atom stereocenters. The molecule has 0 spiro atoms. The lowest BCUT2D eigenvalue weighted by Gasteiger charge is -2.34. The number of aromatic nitrogens is 4. The van der Waals surface area contributed by atoms with E-state index in [1.807, 2.05) is 11.8 Å². The second kappa shape index (κ2) is 10.2. The summed E-state index contributed by atoms with van der Waals surface area (Å²) in [6.45, 7) is 4.48. The minimum Gasteiger partial charge on any atom is -0.378 e. The van der Waals surface area contributed by atoms with Crippen LogP contribution >= 0.6 is 11.6 Å². The molecule has 2 aliphatic rings. The maximum atomic E-state index is 13.5. The molecule has 1 amide bonds. The highest BCUT2D eigenvalue weighted by Gasteiger charge is 2.30. The van der Waals surface area contributed by atoms with Crippen molar-refractivity contribution in [1.29, 1.82) is 0 Å². The fourth-order valence-electron chi connectivity index (χ4n) is 4.67. The van der Waals surface area contributed by atoms with E-state index in [0.29, 0.717) is 54.8 Å². The number of morpholine rings is 1. The van der Waals surface area contributed by atoms with Gasteiger partial charge in [0.25, 0.3) is 0 Å². The van der Waals surface area contributed by atoms with Gasteiger partial charge < -0.3 is 20.3 Å². The molecule has 3 aromatic rings. The summed E-state index contributed by atoms with van der Waals surface area (Å²) in [6.07, 6.45) is 4.84. The molecule has 1 saturated heterocycles. The molecule has 0 radical (unpaired) electrons. The monoisotopic (exact) mass is 499 g/mol. The van der Waals surface area contributed by atoms with Crippen LogP contribution < -0.4 is 10.6 Å². The van der Waals surface area contributed by atoms with Crippen molar-refractivity contribution >= 4 is 46.0 Å². The number of ether oxygens (including phenoxy) is 1. The molecular formula is C24H27ClFN7O2. The maximum absolute atomic E-state index is 13.5. The molecule has 0 unspecified atom stereocenters. The van der Waals surface area contributed by atoms with Crippen molar-refractivity contribution in [2.75, 3.05) is 36.9 Å². The van der Waals surface area contributed by atoms with E-state index in [1.165, 1.54) is 18.5 Å². The number of fused-ring (bicyclic) bond motifs is 1. The molecule has 5 rings (SSSR count). The van der Waals surface area contributed by atoms with E-state index in [0.717, 1.165) is 31.4 Å². The van der Waals surface area contributed by atoms with Gasteiger partial charge in [-0.2, -0.15) is 0 Å². The van der Waals surface area contributed by atoms with Gasteiger partial charge in [0.05, 0.1) is 23.9 Å². The third-order valence-electron chi connectivity index (χ3n) is 6.57. The Morgan fingerprint density at radius 2 is 1.89 bits per heavy atom. The average Bonchev–Trinajstić information content (AvgIpc) is 2.87. The molecule has 3 heterocycles. The van der Waals surface area contributed by atoms with Crippen molar-refractivity contribution < 1.29 is 13.9 Å². The largest absolute Gasteiger partial charge is 0.378 e. The van der Waals surface area contributed by atoms with E-state index in [4.69, 9.17) is 16.3 Å². The third-order valence-corrected chi connectivity index (χ3v) is 6.86. The van der Waals surface area contributed by atoms with Crippen LogP contribution in [-0.2, 0) is 9.53 Å². The van der Waals surface area contributed by atoms with E-state index in [2.05, 4.69) is 30.6 Å². The highest BCUT2D eigenvalue weighted by Crippen LogP contribution is 2.30. The zero-order chi connectivity index (χ0) is 24.4. The highest BCUT2D eigenvalue weighted by atomic mass is 35.5. The number of anilines is 3. The van der Waals surface area contributed by atoms with Crippen molar-refractivity contribution in [1.82, 2.24) is 24.8 Å². The number of carbonyl (C=O) groups excluding carboxylic acids is 1. The van der Waals surface area contributed by atoms with Crippen molar-refractivity contribution in [2.45, 2.75) is 38.6 Å². The number of halogens is 2. The molecule has 2 fully saturated rings. The van der Waals surface area contributed by atoms with E-state index in [9.17, 15) is 9.18 Å². The molecule has 1 aromatic carbocycles. The maximum Gasteiger partial charge on any atom is 0.225 e. The number of carbonyl (C=O) groups is 1. The Balaban J connectivity index is 1.29. The topological polar surface area (TPSA) is 105 Å². The first-order valence-corrected chi connectivity index (χ1v) is 12.2. The zero-order valence-corrected chi connectivity index (χ0v) is 20.2. The van der Waals surface area contributed by atoms with Gasteiger partial charge >= 0.3 is 0 Å². The summed E-state index contributed by atoms with van der Waals surface area (Å²) in [6, 6.07) is 4.55. The van der Waals surface area contributed by atoms with Crippen LogP contribution in [-0.4, -0.2) is 63.1 Å². The van der Waals surface area contributed by atoms with Crippen LogP contribution in [0.4, 0.5) is 21.8 Å². The highest BCUT2D eigenvalue weighted by molar-refractivity contribution is 6.31. The Kier molecular flexibility index (Phi) is 6.92. The van der Waals surface area contributed by atoms with Crippen LogP contribution in [0.3, 0.4) is 0 Å². The molecule has 184 valence electrons. The Bertz CT molecular complexity index is 1230. The Morgan fingerprint density at radius 3 is 2.63 bits per heavy atom. The van der Waals surface area contributed by atoms with Crippen LogP contribution in [0.5, 0.6) is 0 Å². The molecule has 11 heteroatoms. The van der Waals surface area contributed by atoms with Crippen LogP contribution in [0.1, 0.15) is 31.4 Å². The first-order valence-electron chi connectivity index (χ1n) is 11.8. The van der Waals surface area contributed by atoms with Crippen molar-refractivity contribution in [3.8, 4) is 0 Å². The van der Waals surface area contributed by atoms with Gasteiger partial charge in [0.2, 0.25) is 11.9 Å². The number of benzene rings is 1. The summed E-state index contributed by atoms with van der Waals surface area (Å²) in [5.74, 6) is 0.797. The van der Waals surface area contributed by atoms with Crippen molar-refractivity contribution in [2.24, 2.45) is 5.92 Å². The van der Waals surface area contributed by atoms with Gasteiger partial charge in [-0.3, -0.25) is 4.79 Å². The number of rotatable bonds is 5. The first-order chi connectivity index (χ1) is 17.0. The summed E-state index contributed by atoms with van der Waals surface area (Å²) in [4.78, 5) is 32.7. The Hall–Kier alpha value is -3.11. The minimum atomic E-state index is -0.490. The van der Waals surface area contributed by atoms with Crippen LogP contribution in [0.2, 0.25) is 5.02 Å². The molecule has 9 nitrogen and oxygen atoms in total. The van der Waals surface area contributed by atoms with Gasteiger partial charge in [0.15, 0.2) is 5.82 Å². The second-order valence-electron chi connectivity index (χ2n) is 8.94. The second-order valence-corrected chi connectivity index (χ2v) is 9.34. The average molecular weight is 500 g/mol. The van der Waals surface area contributed by atoms with Crippen LogP contribution in [0, 0.1) is 18.7 Å². The number of amides is 1. The Morgan fingerprint density at radius 1 is 1.11 bits per heavy atom. The van der Waals surface area contributed by atoms with Crippen LogP contribution in [0.25, 0.3) is 11.0 Å². The number of nitrogens with zero attached hydrogens (tertiary/aromatic N) is 5. The van der Waals surface area contributed by atoms with E-state index >= 15 is 0 Å². The number of hydrogen-bond donors (Lipinski definition) is 2. The summed E-state index contributed by atoms with van der Waals surface area (Å²) < 4.78 is 18.9. The van der Waals surface area contributed by atoms with Crippen LogP contribution in [0.15, 0.2) is 24.5 Å². The lowest BCUT2D eigenvalue weighted by Crippen LogP contribution is -2.45. The SMILES string of the molecule is Cc1nc(N[C@H]2CC[C@H](C(=O)N3CCOCC3)CC2)nc2c(Nc3ccc(F)c(Cl)c3)ncnc12. The molecule has 2 aromatic heterocycles. The number of hydrogen-bond acceptors (Lipinski definition) is 8. The third kappa shape index (κ3) is 5.28. The summed E-state index contributed by atoms with van der Waals surface area (Å²) in [7, 11) is 0. The standard InChI is InChI=1S/C24H27ClFN7O2/c1-14-20-21(22(28-13-27-20)30-17-6-7-19(26)18(25)12-17)32-24(29-14)31-16-4-2-15(3-5-16)23(34)33-8-10-35-11-9-33/h6-7,12-13,15-16H,2-5,8-11H2,1H3,(H,27,28,30)(H,29,31,32)/t15-,16-. The summed E-state index contributed by atoms with van der Waals surface area (Å²) in [5.41, 5.74) is 2.49. The van der Waals surface area contributed by atoms with Gasteiger partial charge in [-0.15, -0.1) is 0 Å². The molecular weight excluding hydrogens is 473 g/mol. The predicted octanol–water partition coefficient (Wildman–Crippen LogP) is 4.09. The van der Waals surface area contributed by atoms with E-state index < -0.39 is 5.82 Å². The number of nitrogens with one attached hydrogen (secondary N) is 2. The smallest absolute Gasteiger partial charge is 0.225 e. The van der Waals surface area contributed by atoms with Gasteiger partial charge in [-0.25, -0.2) is 24.3 Å². The molecule has 2 N–H and O–H groups in total. The summed E-state index contributed by atoms with van der Waals surface area (Å²) >= 11 is 5.92. The predicted molar refractivity (Wildman–Crippen MR) is 131 cm³/mol. The summed E-state index contributed by atoms with van der Waals surface area (Å²) in [5, 5.41) is 6.61. The minimum absolute atomic E-state index is 0.0178. The lowest BCUT2D eigenvalue weighted by molar-refractivity contribution is -0.140. The van der Waals surface area contributed by atoms with Gasteiger partial charge in [0, 0.05) is 30.7 Å². The molecule has 1 aliphatic carbocycles. The Labute approximate surface area is 207 Å². The van der Waals surface area contributed by atoms with Gasteiger partial charge in [-0.05, 0) is 50.8 Å². The molecule has 35 heavy (non-hydrogen) atoms. The molecule has 0 bridgehead atoms. The number of aryl methyl sites for hydroxylation is 1. The molecule has 1 aliphatic heterocycles. The van der Waals surface area contributed by atoms with E-state index in [-0.39, 0.29) is 22.9 Å². The van der Waals surface area contributed by atoms with E-state index in [1.54, 1.807) is 6.07 Å². The van der Waals surface area contributed by atoms with Crippen molar-refractivity contribution in [3.05, 3.63) is 41.1 Å². The quantitative estimate of drug-likeness (QED) is 0.540. The zero-order valence-electron chi connectivity index (χ0n) is 19.4. The first kappa shape index (κ1) is 23.6. The van der Waals surface area contributed by atoms with Crippen molar-refractivity contribution in [3.63, 3.8) is 0 Å². The van der Waals surface area contributed by atoms with Gasteiger partial charge in [0.1, 0.15) is 23.2 Å². The fourth-order valence-corrected chi connectivity index (χ4v) is 4.85. The molecule has 1 saturated carbocycles. The normalized spacial score (nSPS) is 20.6.